The van der Waals surface area contributed by atoms with Gasteiger partial charge in [-0.15, -0.1) is 0 Å². The molecule has 0 fully saturated rings. The number of halogens is 3. The molecule has 0 saturated carbocycles. The Bertz CT molecular complexity index is 531. The number of nitrogens with zero attached hydrogens (tertiary/aromatic N) is 1. The molecule has 1 aromatic heterocycles. The van der Waals surface area contributed by atoms with Crippen molar-refractivity contribution in [2.24, 2.45) is 5.84 Å². The van der Waals surface area contributed by atoms with Crippen molar-refractivity contribution in [1.82, 2.24) is 4.98 Å². The van der Waals surface area contributed by atoms with Crippen LogP contribution in [0, 0.1) is 0 Å². The summed E-state index contributed by atoms with van der Waals surface area (Å²) in [6.45, 7) is 0. The first kappa shape index (κ1) is 11.2. The molecule has 0 unspecified atom stereocenters. The van der Waals surface area contributed by atoms with Crippen molar-refractivity contribution in [1.29, 1.82) is 0 Å². The molecule has 2 rings (SSSR count). The van der Waals surface area contributed by atoms with E-state index in [0.29, 0.717) is 5.52 Å². The standard InChI is InChI=1S/C10H8BrF2N3/c11-6-2-1-5-3-8(16-14)9(10(12)13)15-7(5)4-6/h1-4,10,16H,14H2. The molecule has 0 saturated heterocycles. The van der Waals surface area contributed by atoms with Gasteiger partial charge in [0.1, 0.15) is 5.69 Å². The number of aromatic nitrogens is 1. The molecule has 0 aliphatic heterocycles. The summed E-state index contributed by atoms with van der Waals surface area (Å²) in [6.07, 6.45) is -2.66. The first-order valence-electron chi connectivity index (χ1n) is 4.47. The summed E-state index contributed by atoms with van der Waals surface area (Å²) in [5, 5.41) is 0.751. The molecule has 16 heavy (non-hydrogen) atoms. The van der Waals surface area contributed by atoms with Crippen LogP contribution in [0.4, 0.5) is 14.5 Å². The average molecular weight is 288 g/mol. The lowest BCUT2D eigenvalue weighted by Crippen LogP contribution is -2.10. The molecule has 3 N–H and O–H groups in total. The van der Waals surface area contributed by atoms with Gasteiger partial charge in [-0.3, -0.25) is 5.84 Å². The zero-order chi connectivity index (χ0) is 11.7. The Hall–Kier alpha value is -1.27. The van der Waals surface area contributed by atoms with E-state index in [1.807, 2.05) is 6.07 Å². The average Bonchev–Trinajstić information content (AvgIpc) is 2.27. The van der Waals surface area contributed by atoms with E-state index in [4.69, 9.17) is 5.84 Å². The summed E-state index contributed by atoms with van der Waals surface area (Å²) in [6, 6.07) is 6.83. The van der Waals surface area contributed by atoms with Gasteiger partial charge in [0, 0.05) is 9.86 Å². The Morgan fingerprint density at radius 3 is 2.69 bits per heavy atom. The molecule has 0 amide bonds. The number of fused-ring (bicyclic) bond motifs is 1. The molecule has 0 bridgehead atoms. The second-order valence-corrected chi connectivity index (χ2v) is 4.12. The highest BCUT2D eigenvalue weighted by atomic mass is 79.9. The van der Waals surface area contributed by atoms with Crippen LogP contribution in [0.15, 0.2) is 28.7 Å². The van der Waals surface area contributed by atoms with E-state index in [-0.39, 0.29) is 11.4 Å². The number of hydrazine groups is 1. The quantitative estimate of drug-likeness (QED) is 0.659. The lowest BCUT2D eigenvalue weighted by molar-refractivity contribution is 0.147. The van der Waals surface area contributed by atoms with E-state index in [1.165, 1.54) is 0 Å². The van der Waals surface area contributed by atoms with E-state index in [2.05, 4.69) is 26.3 Å². The molecule has 0 spiro atoms. The minimum Gasteiger partial charge on any atom is -0.322 e. The summed E-state index contributed by atoms with van der Waals surface area (Å²) in [7, 11) is 0. The minimum atomic E-state index is -2.66. The number of hydrogen-bond donors (Lipinski definition) is 2. The Morgan fingerprint density at radius 1 is 1.31 bits per heavy atom. The predicted octanol–water partition coefficient (Wildman–Crippen LogP) is 3.22. The molecule has 84 valence electrons. The molecule has 1 heterocycles. The fraction of sp³-hybridized carbons (Fsp3) is 0.100. The van der Waals surface area contributed by atoms with Crippen molar-refractivity contribution in [3.8, 4) is 0 Å². The number of nitrogen functional groups attached to an aromatic ring is 1. The van der Waals surface area contributed by atoms with Crippen LogP contribution in [0.2, 0.25) is 0 Å². The zero-order valence-electron chi connectivity index (χ0n) is 8.05. The Labute approximate surface area is 98.8 Å². The highest BCUT2D eigenvalue weighted by Gasteiger charge is 2.15. The highest BCUT2D eigenvalue weighted by molar-refractivity contribution is 9.10. The molecular formula is C10H8BrF2N3. The van der Waals surface area contributed by atoms with Gasteiger partial charge in [0.25, 0.3) is 6.43 Å². The van der Waals surface area contributed by atoms with Gasteiger partial charge < -0.3 is 5.43 Å². The molecule has 0 atom stereocenters. The second-order valence-electron chi connectivity index (χ2n) is 3.20. The zero-order valence-corrected chi connectivity index (χ0v) is 9.63. The molecule has 6 heteroatoms. The van der Waals surface area contributed by atoms with Crippen LogP contribution >= 0.6 is 15.9 Å². The van der Waals surface area contributed by atoms with Gasteiger partial charge in [-0.05, 0) is 18.2 Å². The summed E-state index contributed by atoms with van der Waals surface area (Å²) in [5.74, 6) is 5.18. The molecule has 3 nitrogen and oxygen atoms in total. The molecule has 1 aromatic carbocycles. The normalized spacial score (nSPS) is 11.1. The number of nitrogens with two attached hydrogens (primary N) is 1. The maximum absolute atomic E-state index is 12.7. The number of benzene rings is 1. The van der Waals surface area contributed by atoms with Crippen molar-refractivity contribution in [3.63, 3.8) is 0 Å². The van der Waals surface area contributed by atoms with Gasteiger partial charge in [0.2, 0.25) is 0 Å². The largest absolute Gasteiger partial charge is 0.322 e. The first-order chi connectivity index (χ1) is 7.61. The van der Waals surface area contributed by atoms with E-state index in [1.54, 1.807) is 18.2 Å². The lowest BCUT2D eigenvalue weighted by atomic mass is 10.2. The van der Waals surface area contributed by atoms with Crippen molar-refractivity contribution in [2.45, 2.75) is 6.43 Å². The highest BCUT2D eigenvalue weighted by Crippen LogP contribution is 2.29. The number of rotatable bonds is 2. The SMILES string of the molecule is NNc1cc2ccc(Br)cc2nc1C(F)F. The maximum atomic E-state index is 12.7. The summed E-state index contributed by atoms with van der Waals surface area (Å²) >= 11 is 3.26. The van der Waals surface area contributed by atoms with Gasteiger partial charge in [-0.1, -0.05) is 22.0 Å². The third kappa shape index (κ3) is 1.98. The number of nitrogens with one attached hydrogen (secondary N) is 1. The van der Waals surface area contributed by atoms with Gasteiger partial charge in [-0.2, -0.15) is 0 Å². The lowest BCUT2D eigenvalue weighted by Gasteiger charge is -2.09. The van der Waals surface area contributed by atoms with E-state index in [0.717, 1.165) is 9.86 Å². The molecule has 2 aromatic rings. The third-order valence-corrected chi connectivity index (χ3v) is 2.66. The Morgan fingerprint density at radius 2 is 2.06 bits per heavy atom. The van der Waals surface area contributed by atoms with Crippen molar-refractivity contribution in [2.75, 3.05) is 5.43 Å². The smallest absolute Gasteiger partial charge is 0.282 e. The molecule has 0 radical (unpaired) electrons. The monoisotopic (exact) mass is 287 g/mol. The molecule has 0 aliphatic rings. The van der Waals surface area contributed by atoms with Crippen LogP contribution in [0.5, 0.6) is 0 Å². The van der Waals surface area contributed by atoms with Crippen molar-refractivity contribution < 1.29 is 8.78 Å². The summed E-state index contributed by atoms with van der Waals surface area (Å²) in [4.78, 5) is 3.88. The third-order valence-electron chi connectivity index (χ3n) is 2.17. The van der Waals surface area contributed by atoms with Crippen LogP contribution in [0.3, 0.4) is 0 Å². The Balaban J connectivity index is 2.70. The van der Waals surface area contributed by atoms with E-state index >= 15 is 0 Å². The maximum Gasteiger partial charge on any atom is 0.282 e. The fourth-order valence-electron chi connectivity index (χ4n) is 1.44. The number of pyridine rings is 1. The minimum absolute atomic E-state index is 0.143. The van der Waals surface area contributed by atoms with Gasteiger partial charge >= 0.3 is 0 Å². The van der Waals surface area contributed by atoms with Crippen LogP contribution < -0.4 is 11.3 Å². The van der Waals surface area contributed by atoms with Crippen LogP contribution in [0.1, 0.15) is 12.1 Å². The van der Waals surface area contributed by atoms with Crippen molar-refractivity contribution in [3.05, 3.63) is 34.4 Å². The second kappa shape index (κ2) is 4.31. The van der Waals surface area contributed by atoms with Crippen LogP contribution in [-0.2, 0) is 0 Å². The predicted molar refractivity (Wildman–Crippen MR) is 62.2 cm³/mol. The van der Waals surface area contributed by atoms with Crippen LogP contribution in [0.25, 0.3) is 10.9 Å². The first-order valence-corrected chi connectivity index (χ1v) is 5.26. The van der Waals surface area contributed by atoms with Gasteiger partial charge in [0.05, 0.1) is 11.2 Å². The number of hydrogen-bond acceptors (Lipinski definition) is 3. The molecular weight excluding hydrogens is 280 g/mol. The van der Waals surface area contributed by atoms with Gasteiger partial charge in [0.15, 0.2) is 0 Å². The topological polar surface area (TPSA) is 50.9 Å². The summed E-state index contributed by atoms with van der Waals surface area (Å²) < 4.78 is 26.1. The van der Waals surface area contributed by atoms with E-state index in [9.17, 15) is 8.78 Å². The molecule has 0 aliphatic carbocycles. The van der Waals surface area contributed by atoms with Gasteiger partial charge in [-0.25, -0.2) is 13.8 Å². The van der Waals surface area contributed by atoms with Crippen molar-refractivity contribution >= 4 is 32.5 Å². The Kier molecular flexibility index (Phi) is 3.02. The number of alkyl halides is 2. The van der Waals surface area contributed by atoms with E-state index < -0.39 is 6.43 Å². The number of anilines is 1. The summed E-state index contributed by atoms with van der Waals surface area (Å²) in [5.41, 5.74) is 2.54. The fourth-order valence-corrected chi connectivity index (χ4v) is 1.79. The van der Waals surface area contributed by atoms with Crippen LogP contribution in [-0.4, -0.2) is 4.98 Å².